The van der Waals surface area contributed by atoms with Gasteiger partial charge in [0.05, 0.1) is 11.0 Å². The molecule has 1 atom stereocenters. The highest BCUT2D eigenvalue weighted by molar-refractivity contribution is 7.80. The molecule has 1 unspecified atom stereocenters. The van der Waals surface area contributed by atoms with E-state index in [1.807, 2.05) is 18.2 Å². The summed E-state index contributed by atoms with van der Waals surface area (Å²) < 4.78 is 5.19. The fourth-order valence-electron chi connectivity index (χ4n) is 3.19. The summed E-state index contributed by atoms with van der Waals surface area (Å²) in [6.45, 7) is 3.17. The van der Waals surface area contributed by atoms with E-state index in [9.17, 15) is 9.59 Å². The third-order valence-corrected chi connectivity index (χ3v) is 4.66. The SMILES string of the molecule is CC(=S)NCC1COC(=O)N1c1ccc2c(c1)CN(C(=O)CO)CC2. The van der Waals surface area contributed by atoms with Gasteiger partial charge in [-0.15, -0.1) is 0 Å². The summed E-state index contributed by atoms with van der Waals surface area (Å²) in [5, 5.41) is 12.1. The molecule has 2 heterocycles. The number of carbonyl (C=O) groups excluding carboxylic acids is 2. The van der Waals surface area contributed by atoms with Gasteiger partial charge in [-0.1, -0.05) is 18.3 Å². The minimum absolute atomic E-state index is 0.137. The van der Waals surface area contributed by atoms with Crippen LogP contribution in [0.25, 0.3) is 0 Å². The Morgan fingerprint density at radius 1 is 1.44 bits per heavy atom. The molecule has 1 aromatic carbocycles. The van der Waals surface area contributed by atoms with Gasteiger partial charge in [0.15, 0.2) is 0 Å². The Kier molecular flexibility index (Phi) is 5.19. The third kappa shape index (κ3) is 3.74. The quantitative estimate of drug-likeness (QED) is 0.771. The van der Waals surface area contributed by atoms with Crippen LogP contribution in [-0.4, -0.2) is 59.3 Å². The molecule has 3 rings (SSSR count). The summed E-state index contributed by atoms with van der Waals surface area (Å²) in [4.78, 5) is 27.8. The Morgan fingerprint density at radius 2 is 2.24 bits per heavy atom. The van der Waals surface area contributed by atoms with Gasteiger partial charge in [0.2, 0.25) is 5.91 Å². The van der Waals surface area contributed by atoms with Crippen molar-refractivity contribution < 1.29 is 19.4 Å². The standard InChI is InChI=1S/C17H21N3O4S/c1-11(25)18-7-15-10-24-17(23)20(15)14-3-2-12-4-5-19(16(22)9-21)8-13(12)6-14/h2-3,6,15,21H,4-5,7-10H2,1H3,(H,18,25). The summed E-state index contributed by atoms with van der Waals surface area (Å²) in [6, 6.07) is 5.69. The predicted molar refractivity (Wildman–Crippen MR) is 96.5 cm³/mol. The van der Waals surface area contributed by atoms with E-state index in [4.69, 9.17) is 22.1 Å². The molecule has 2 N–H and O–H groups in total. The van der Waals surface area contributed by atoms with E-state index in [1.54, 1.807) is 16.7 Å². The number of anilines is 1. The van der Waals surface area contributed by atoms with Crippen molar-refractivity contribution in [2.45, 2.75) is 25.9 Å². The summed E-state index contributed by atoms with van der Waals surface area (Å²) in [5.74, 6) is -0.282. The molecule has 2 aliphatic heterocycles. The first-order valence-electron chi connectivity index (χ1n) is 8.20. The van der Waals surface area contributed by atoms with Crippen LogP contribution in [0.1, 0.15) is 18.1 Å². The Labute approximate surface area is 151 Å². The van der Waals surface area contributed by atoms with Crippen molar-refractivity contribution in [3.05, 3.63) is 29.3 Å². The number of thiocarbonyl (C=S) groups is 1. The molecule has 0 bridgehead atoms. The van der Waals surface area contributed by atoms with E-state index in [2.05, 4.69) is 5.32 Å². The van der Waals surface area contributed by atoms with E-state index < -0.39 is 6.61 Å². The maximum Gasteiger partial charge on any atom is 0.414 e. The monoisotopic (exact) mass is 363 g/mol. The van der Waals surface area contributed by atoms with Crippen molar-refractivity contribution in [3.63, 3.8) is 0 Å². The number of ether oxygens (including phenoxy) is 1. The predicted octanol–water partition coefficient (Wildman–Crippen LogP) is 0.826. The highest BCUT2D eigenvalue weighted by Crippen LogP contribution is 2.28. The second-order valence-electron chi connectivity index (χ2n) is 6.21. The molecule has 1 fully saturated rings. The average Bonchev–Trinajstić information content (AvgIpc) is 2.98. The average molecular weight is 363 g/mol. The zero-order chi connectivity index (χ0) is 18.0. The van der Waals surface area contributed by atoms with Crippen molar-refractivity contribution in [3.8, 4) is 0 Å². The molecule has 1 aromatic rings. The molecule has 2 amide bonds. The maximum atomic E-state index is 12.2. The fourth-order valence-corrected chi connectivity index (χ4v) is 3.28. The maximum absolute atomic E-state index is 12.2. The molecule has 134 valence electrons. The van der Waals surface area contributed by atoms with Crippen LogP contribution in [0.15, 0.2) is 18.2 Å². The summed E-state index contributed by atoms with van der Waals surface area (Å²) in [5.41, 5.74) is 2.89. The Morgan fingerprint density at radius 3 is 2.96 bits per heavy atom. The lowest BCUT2D eigenvalue weighted by molar-refractivity contribution is -0.135. The fraction of sp³-hybridized carbons (Fsp3) is 0.471. The minimum atomic E-state index is -0.488. The van der Waals surface area contributed by atoms with E-state index in [-0.39, 0.29) is 18.0 Å². The van der Waals surface area contributed by atoms with Crippen LogP contribution in [-0.2, 0) is 22.5 Å². The van der Waals surface area contributed by atoms with Crippen molar-refractivity contribution in [2.75, 3.05) is 31.2 Å². The molecule has 0 spiro atoms. The number of fused-ring (bicyclic) bond motifs is 1. The lowest BCUT2D eigenvalue weighted by Crippen LogP contribution is -2.42. The van der Waals surface area contributed by atoms with E-state index in [0.717, 1.165) is 23.2 Å². The number of carbonyl (C=O) groups is 2. The number of rotatable bonds is 4. The van der Waals surface area contributed by atoms with Crippen molar-refractivity contribution in [1.82, 2.24) is 10.2 Å². The number of nitrogens with zero attached hydrogens (tertiary/aromatic N) is 2. The van der Waals surface area contributed by atoms with E-state index >= 15 is 0 Å². The molecule has 7 nitrogen and oxygen atoms in total. The molecular weight excluding hydrogens is 342 g/mol. The number of benzene rings is 1. The van der Waals surface area contributed by atoms with Crippen LogP contribution < -0.4 is 10.2 Å². The zero-order valence-electron chi connectivity index (χ0n) is 14.0. The smallest absolute Gasteiger partial charge is 0.414 e. The van der Waals surface area contributed by atoms with Crippen LogP contribution in [0.3, 0.4) is 0 Å². The highest BCUT2D eigenvalue weighted by atomic mass is 32.1. The molecule has 25 heavy (non-hydrogen) atoms. The summed E-state index contributed by atoms with van der Waals surface area (Å²) in [6.07, 6.45) is 0.355. The molecule has 1 saturated heterocycles. The Bertz CT molecular complexity index is 709. The van der Waals surface area contributed by atoms with Crippen LogP contribution in [0, 0.1) is 0 Å². The van der Waals surface area contributed by atoms with Gasteiger partial charge in [-0.2, -0.15) is 0 Å². The van der Waals surface area contributed by atoms with Crippen LogP contribution in [0.4, 0.5) is 10.5 Å². The number of amides is 2. The number of aliphatic hydroxyl groups is 1. The Hall–Kier alpha value is -2.19. The van der Waals surface area contributed by atoms with Gasteiger partial charge in [0.1, 0.15) is 13.2 Å². The summed E-state index contributed by atoms with van der Waals surface area (Å²) in [7, 11) is 0. The van der Waals surface area contributed by atoms with Gasteiger partial charge in [0, 0.05) is 25.3 Å². The minimum Gasteiger partial charge on any atom is -0.447 e. The molecule has 0 aliphatic carbocycles. The van der Waals surface area contributed by atoms with Gasteiger partial charge in [0.25, 0.3) is 0 Å². The van der Waals surface area contributed by atoms with Crippen molar-refractivity contribution in [1.29, 1.82) is 0 Å². The first-order valence-corrected chi connectivity index (χ1v) is 8.61. The number of hydrogen-bond acceptors (Lipinski definition) is 5. The largest absolute Gasteiger partial charge is 0.447 e. The molecule has 0 saturated carbocycles. The first kappa shape index (κ1) is 17.6. The van der Waals surface area contributed by atoms with E-state index in [1.165, 1.54) is 0 Å². The van der Waals surface area contributed by atoms with Gasteiger partial charge in [-0.05, 0) is 36.6 Å². The molecule has 2 aliphatic rings. The molecule has 0 aromatic heterocycles. The van der Waals surface area contributed by atoms with E-state index in [0.29, 0.717) is 31.2 Å². The number of cyclic esters (lactones) is 1. The molecular formula is C17H21N3O4S. The lowest BCUT2D eigenvalue weighted by Gasteiger charge is -2.30. The second kappa shape index (κ2) is 7.37. The zero-order valence-corrected chi connectivity index (χ0v) is 14.8. The van der Waals surface area contributed by atoms with Crippen molar-refractivity contribution >= 4 is 34.9 Å². The van der Waals surface area contributed by atoms with Crippen LogP contribution >= 0.6 is 12.2 Å². The van der Waals surface area contributed by atoms with Crippen LogP contribution in [0.2, 0.25) is 0 Å². The normalized spacial score (nSPS) is 19.4. The van der Waals surface area contributed by atoms with Gasteiger partial charge in [-0.3, -0.25) is 9.69 Å². The molecule has 8 heteroatoms. The third-order valence-electron chi connectivity index (χ3n) is 4.52. The summed E-state index contributed by atoms with van der Waals surface area (Å²) >= 11 is 5.03. The van der Waals surface area contributed by atoms with Gasteiger partial charge in [-0.25, -0.2) is 4.79 Å². The number of hydrogen-bond donors (Lipinski definition) is 2. The van der Waals surface area contributed by atoms with Crippen LogP contribution in [0.5, 0.6) is 0 Å². The van der Waals surface area contributed by atoms with Gasteiger partial charge < -0.3 is 20.1 Å². The number of nitrogens with one attached hydrogen (secondary N) is 1. The second-order valence-corrected chi connectivity index (χ2v) is 6.83. The van der Waals surface area contributed by atoms with Gasteiger partial charge >= 0.3 is 6.09 Å². The Balaban J connectivity index is 1.81. The topological polar surface area (TPSA) is 82.1 Å². The van der Waals surface area contributed by atoms with Crippen molar-refractivity contribution in [2.24, 2.45) is 0 Å². The molecule has 0 radical (unpaired) electrons. The lowest BCUT2D eigenvalue weighted by atomic mass is 9.98. The number of aliphatic hydroxyl groups excluding tert-OH is 1. The first-order chi connectivity index (χ1) is 12.0. The highest BCUT2D eigenvalue weighted by Gasteiger charge is 2.34.